The highest BCUT2D eigenvalue weighted by molar-refractivity contribution is 5.79. The monoisotopic (exact) mass is 385 g/mol. The molecular weight excluding hydrogens is 362 g/mol. The van der Waals surface area contributed by atoms with Gasteiger partial charge in [0.1, 0.15) is 0 Å². The molecule has 0 saturated carbocycles. The second kappa shape index (κ2) is 8.97. The first-order valence-corrected chi connectivity index (χ1v) is 9.64. The first kappa shape index (κ1) is 18.6. The van der Waals surface area contributed by atoms with Gasteiger partial charge in [-0.1, -0.05) is 30.3 Å². The molecule has 3 heterocycles. The summed E-state index contributed by atoms with van der Waals surface area (Å²) in [6.45, 7) is 3.92. The standard InChI is InChI=1S/C22H23N7/c1-2-23-22(26-16-21-28-27-20-11-4-6-13-29(20)21)25-15-17-8-7-9-18(14-17)19-10-3-5-12-24-19/h3-14H,2,15-16H2,1H3,(H2,23,25,26). The number of rotatable bonds is 6. The number of guanidine groups is 1. The smallest absolute Gasteiger partial charge is 0.191 e. The second-order valence-corrected chi connectivity index (χ2v) is 6.51. The maximum Gasteiger partial charge on any atom is 0.191 e. The number of benzene rings is 1. The molecule has 29 heavy (non-hydrogen) atoms. The minimum Gasteiger partial charge on any atom is -0.357 e. The average molecular weight is 385 g/mol. The summed E-state index contributed by atoms with van der Waals surface area (Å²) in [6.07, 6.45) is 3.76. The SMILES string of the molecule is CCNC(=NCc1cccc(-c2ccccn2)c1)NCc1nnc2ccccn12. The average Bonchev–Trinajstić information content (AvgIpc) is 3.20. The Hall–Kier alpha value is -3.74. The molecule has 3 aromatic heterocycles. The first-order chi connectivity index (χ1) is 14.3. The van der Waals surface area contributed by atoms with Crippen molar-refractivity contribution in [3.8, 4) is 11.3 Å². The van der Waals surface area contributed by atoms with Crippen molar-refractivity contribution in [2.75, 3.05) is 6.54 Å². The molecule has 0 atom stereocenters. The Balaban J connectivity index is 1.46. The fraction of sp³-hybridized carbons (Fsp3) is 0.182. The van der Waals surface area contributed by atoms with E-state index in [0.29, 0.717) is 13.1 Å². The molecule has 0 radical (unpaired) electrons. The van der Waals surface area contributed by atoms with Crippen molar-refractivity contribution in [1.29, 1.82) is 0 Å². The summed E-state index contributed by atoms with van der Waals surface area (Å²) in [5, 5.41) is 15.0. The predicted octanol–water partition coefficient (Wildman–Crippen LogP) is 3.05. The molecule has 0 unspecified atom stereocenters. The lowest BCUT2D eigenvalue weighted by Crippen LogP contribution is -2.37. The lowest BCUT2D eigenvalue weighted by Gasteiger charge is -2.11. The maximum absolute atomic E-state index is 4.71. The predicted molar refractivity (Wildman–Crippen MR) is 114 cm³/mol. The number of fused-ring (bicyclic) bond motifs is 1. The van der Waals surface area contributed by atoms with Gasteiger partial charge in [0.2, 0.25) is 0 Å². The number of hydrogen-bond acceptors (Lipinski definition) is 4. The molecule has 0 amide bonds. The van der Waals surface area contributed by atoms with Gasteiger partial charge >= 0.3 is 0 Å². The molecule has 0 aliphatic carbocycles. The molecule has 0 aliphatic rings. The Morgan fingerprint density at radius 3 is 2.79 bits per heavy atom. The van der Waals surface area contributed by atoms with E-state index in [1.165, 1.54) is 0 Å². The van der Waals surface area contributed by atoms with Gasteiger partial charge in [0.25, 0.3) is 0 Å². The topological polar surface area (TPSA) is 79.5 Å². The third-order valence-corrected chi connectivity index (χ3v) is 4.45. The van der Waals surface area contributed by atoms with E-state index in [1.807, 2.05) is 66.2 Å². The normalized spacial score (nSPS) is 11.6. The lowest BCUT2D eigenvalue weighted by molar-refractivity contribution is 0.765. The molecule has 0 aliphatic heterocycles. The van der Waals surface area contributed by atoms with Gasteiger partial charge in [0, 0.05) is 24.5 Å². The van der Waals surface area contributed by atoms with Crippen LogP contribution in [0.25, 0.3) is 16.9 Å². The van der Waals surface area contributed by atoms with E-state index in [4.69, 9.17) is 4.99 Å². The van der Waals surface area contributed by atoms with Crippen molar-refractivity contribution >= 4 is 11.6 Å². The van der Waals surface area contributed by atoms with E-state index < -0.39 is 0 Å². The number of nitrogens with one attached hydrogen (secondary N) is 2. The minimum absolute atomic E-state index is 0.533. The van der Waals surface area contributed by atoms with Gasteiger partial charge in [-0.2, -0.15) is 0 Å². The van der Waals surface area contributed by atoms with E-state index in [0.717, 1.165) is 40.8 Å². The number of hydrogen-bond donors (Lipinski definition) is 2. The van der Waals surface area contributed by atoms with Crippen LogP contribution >= 0.6 is 0 Å². The highest BCUT2D eigenvalue weighted by atomic mass is 15.3. The van der Waals surface area contributed by atoms with Crippen molar-refractivity contribution in [3.05, 3.63) is 84.4 Å². The van der Waals surface area contributed by atoms with E-state index in [9.17, 15) is 0 Å². The Bertz CT molecular complexity index is 1100. The van der Waals surface area contributed by atoms with Crippen LogP contribution in [-0.4, -0.2) is 32.1 Å². The van der Waals surface area contributed by atoms with Crippen LogP contribution in [0.15, 0.2) is 78.0 Å². The van der Waals surface area contributed by atoms with Crippen molar-refractivity contribution in [1.82, 2.24) is 30.2 Å². The van der Waals surface area contributed by atoms with Crippen molar-refractivity contribution < 1.29 is 0 Å². The Kier molecular flexibility index (Phi) is 5.76. The Morgan fingerprint density at radius 2 is 1.93 bits per heavy atom. The molecule has 7 heteroatoms. The van der Waals surface area contributed by atoms with Crippen LogP contribution < -0.4 is 10.6 Å². The molecular formula is C22H23N7. The van der Waals surface area contributed by atoms with Crippen LogP contribution in [0.1, 0.15) is 18.3 Å². The highest BCUT2D eigenvalue weighted by Crippen LogP contribution is 2.18. The number of aliphatic imine (C=N–C) groups is 1. The third kappa shape index (κ3) is 4.57. The summed E-state index contributed by atoms with van der Waals surface area (Å²) in [6, 6.07) is 20.1. The van der Waals surface area contributed by atoms with Crippen LogP contribution in [0, 0.1) is 0 Å². The molecule has 0 fully saturated rings. The maximum atomic E-state index is 4.71. The fourth-order valence-electron chi connectivity index (χ4n) is 3.05. The van der Waals surface area contributed by atoms with Crippen LogP contribution in [0.4, 0.5) is 0 Å². The van der Waals surface area contributed by atoms with Crippen molar-refractivity contribution in [2.45, 2.75) is 20.0 Å². The molecule has 7 nitrogen and oxygen atoms in total. The molecule has 0 bridgehead atoms. The molecule has 146 valence electrons. The number of nitrogens with zero attached hydrogens (tertiary/aromatic N) is 5. The lowest BCUT2D eigenvalue weighted by atomic mass is 10.1. The van der Waals surface area contributed by atoms with Crippen LogP contribution in [-0.2, 0) is 13.1 Å². The van der Waals surface area contributed by atoms with Crippen LogP contribution in [0.5, 0.6) is 0 Å². The zero-order valence-electron chi connectivity index (χ0n) is 16.3. The largest absolute Gasteiger partial charge is 0.357 e. The quantitative estimate of drug-likeness (QED) is 0.394. The summed E-state index contributed by atoms with van der Waals surface area (Å²) in [4.78, 5) is 9.14. The van der Waals surface area contributed by atoms with Crippen LogP contribution in [0.3, 0.4) is 0 Å². The van der Waals surface area contributed by atoms with Gasteiger partial charge in [-0.25, -0.2) is 4.99 Å². The van der Waals surface area contributed by atoms with Gasteiger partial charge < -0.3 is 10.6 Å². The summed E-state index contributed by atoms with van der Waals surface area (Å²) in [7, 11) is 0. The first-order valence-electron chi connectivity index (χ1n) is 9.64. The van der Waals surface area contributed by atoms with Gasteiger partial charge in [-0.3, -0.25) is 9.38 Å². The van der Waals surface area contributed by atoms with E-state index >= 15 is 0 Å². The molecule has 4 rings (SSSR count). The fourth-order valence-corrected chi connectivity index (χ4v) is 3.05. The summed E-state index contributed by atoms with van der Waals surface area (Å²) in [5.41, 5.74) is 4.00. The van der Waals surface area contributed by atoms with Crippen LogP contribution in [0.2, 0.25) is 0 Å². The summed E-state index contributed by atoms with van der Waals surface area (Å²) >= 11 is 0. The van der Waals surface area contributed by atoms with Gasteiger partial charge in [0.15, 0.2) is 17.4 Å². The zero-order valence-corrected chi connectivity index (χ0v) is 16.3. The highest BCUT2D eigenvalue weighted by Gasteiger charge is 2.06. The zero-order chi connectivity index (χ0) is 19.9. The number of aromatic nitrogens is 4. The minimum atomic E-state index is 0.533. The van der Waals surface area contributed by atoms with Crippen molar-refractivity contribution in [3.63, 3.8) is 0 Å². The number of pyridine rings is 2. The van der Waals surface area contributed by atoms with E-state index in [1.54, 1.807) is 0 Å². The Labute approximate surface area is 169 Å². The van der Waals surface area contributed by atoms with Crippen molar-refractivity contribution in [2.24, 2.45) is 4.99 Å². The molecule has 2 N–H and O–H groups in total. The van der Waals surface area contributed by atoms with Gasteiger partial charge in [0.05, 0.1) is 18.8 Å². The molecule has 4 aromatic rings. The Morgan fingerprint density at radius 1 is 1.00 bits per heavy atom. The second-order valence-electron chi connectivity index (χ2n) is 6.51. The van der Waals surface area contributed by atoms with E-state index in [2.05, 4.69) is 44.0 Å². The van der Waals surface area contributed by atoms with E-state index in [-0.39, 0.29) is 0 Å². The van der Waals surface area contributed by atoms with Gasteiger partial charge in [-0.15, -0.1) is 10.2 Å². The molecule has 1 aromatic carbocycles. The third-order valence-electron chi connectivity index (χ3n) is 4.45. The molecule has 0 saturated heterocycles. The summed E-state index contributed by atoms with van der Waals surface area (Å²) in [5.74, 6) is 1.58. The molecule has 0 spiro atoms. The summed E-state index contributed by atoms with van der Waals surface area (Å²) < 4.78 is 1.97. The van der Waals surface area contributed by atoms with Gasteiger partial charge in [-0.05, 0) is 42.8 Å².